The van der Waals surface area contributed by atoms with Crippen LogP contribution >= 0.6 is 0 Å². The largest absolute Gasteiger partial charge is 0.464 e. The summed E-state index contributed by atoms with van der Waals surface area (Å²) in [6.45, 7) is 9.52. The van der Waals surface area contributed by atoms with E-state index in [2.05, 4.69) is 4.98 Å². The van der Waals surface area contributed by atoms with Crippen LogP contribution in [0.15, 0.2) is 10.8 Å². The Kier molecular flexibility index (Phi) is 9.90. The molecule has 0 saturated carbocycles. The van der Waals surface area contributed by atoms with Crippen LogP contribution in [0.4, 0.5) is 0 Å². The van der Waals surface area contributed by atoms with Crippen molar-refractivity contribution < 1.29 is 23.4 Å². The van der Waals surface area contributed by atoms with Crippen molar-refractivity contribution in [3.63, 3.8) is 0 Å². The molecular weight excluding hydrogens is 238 g/mol. The Morgan fingerprint density at radius 1 is 1.28 bits per heavy atom. The molecule has 104 valence electrons. The van der Waals surface area contributed by atoms with Crippen molar-refractivity contribution in [1.29, 1.82) is 0 Å². The molecule has 0 aliphatic carbocycles. The molecule has 0 aliphatic rings. The quantitative estimate of drug-likeness (QED) is 0.552. The molecule has 0 bridgehead atoms. The standard InChI is InChI=1S/C6H7NO3.C6H14O2/c1-2-9-6-5(3-8)7-4-10-6;1-4-7-6(3)8-5-2/h3-4H,2H2,1H3;6H,4-5H2,1-3H3. The molecular formula is C12H21NO5. The molecule has 1 aromatic heterocycles. The van der Waals surface area contributed by atoms with Crippen LogP contribution in [0.5, 0.6) is 5.95 Å². The van der Waals surface area contributed by atoms with Gasteiger partial charge in [0, 0.05) is 13.2 Å². The van der Waals surface area contributed by atoms with Gasteiger partial charge in [-0.25, -0.2) is 4.98 Å². The molecule has 0 atom stereocenters. The molecule has 0 aromatic carbocycles. The molecule has 0 radical (unpaired) electrons. The summed E-state index contributed by atoms with van der Waals surface area (Å²) in [4.78, 5) is 13.8. The zero-order valence-electron chi connectivity index (χ0n) is 11.3. The number of rotatable bonds is 7. The van der Waals surface area contributed by atoms with Gasteiger partial charge in [0.2, 0.25) is 0 Å². The van der Waals surface area contributed by atoms with Crippen molar-refractivity contribution in [1.82, 2.24) is 4.98 Å². The average Bonchev–Trinajstić information content (AvgIpc) is 2.78. The van der Waals surface area contributed by atoms with Gasteiger partial charge in [-0.05, 0) is 27.7 Å². The van der Waals surface area contributed by atoms with Gasteiger partial charge in [0.25, 0.3) is 0 Å². The van der Waals surface area contributed by atoms with Gasteiger partial charge in [0.15, 0.2) is 24.7 Å². The highest BCUT2D eigenvalue weighted by Crippen LogP contribution is 2.13. The van der Waals surface area contributed by atoms with E-state index < -0.39 is 0 Å². The molecule has 0 spiro atoms. The van der Waals surface area contributed by atoms with E-state index in [4.69, 9.17) is 18.6 Å². The maximum absolute atomic E-state index is 10.2. The lowest BCUT2D eigenvalue weighted by atomic mass is 10.5. The highest BCUT2D eigenvalue weighted by molar-refractivity contribution is 5.74. The Bertz CT molecular complexity index is 307. The van der Waals surface area contributed by atoms with Crippen LogP contribution in [0.3, 0.4) is 0 Å². The summed E-state index contributed by atoms with van der Waals surface area (Å²) in [7, 11) is 0. The fourth-order valence-corrected chi connectivity index (χ4v) is 1.08. The predicted octanol–water partition coefficient (Wildman–Crippen LogP) is 2.29. The topological polar surface area (TPSA) is 70.8 Å². The lowest BCUT2D eigenvalue weighted by molar-refractivity contribution is -0.123. The number of hydrogen-bond donors (Lipinski definition) is 0. The molecule has 0 N–H and O–H groups in total. The number of oxazole rings is 1. The lowest BCUT2D eigenvalue weighted by Crippen LogP contribution is -2.11. The minimum Gasteiger partial charge on any atom is -0.464 e. The van der Waals surface area contributed by atoms with Crippen LogP contribution in [0.1, 0.15) is 38.2 Å². The maximum atomic E-state index is 10.2. The molecule has 0 fully saturated rings. The van der Waals surface area contributed by atoms with E-state index in [0.29, 0.717) is 12.9 Å². The van der Waals surface area contributed by atoms with Crippen molar-refractivity contribution in [3.8, 4) is 5.95 Å². The molecule has 6 heteroatoms. The van der Waals surface area contributed by atoms with Gasteiger partial charge in [0.1, 0.15) is 0 Å². The molecule has 0 aliphatic heterocycles. The third-order valence-electron chi connectivity index (χ3n) is 1.75. The molecule has 18 heavy (non-hydrogen) atoms. The number of nitrogens with zero attached hydrogens (tertiary/aromatic N) is 1. The van der Waals surface area contributed by atoms with Gasteiger partial charge in [-0.3, -0.25) is 4.79 Å². The monoisotopic (exact) mass is 259 g/mol. The SMILES string of the molecule is CCOC(C)OCC.CCOc1ocnc1C=O. The van der Waals surface area contributed by atoms with Crippen LogP contribution in [-0.4, -0.2) is 37.4 Å². The van der Waals surface area contributed by atoms with E-state index in [0.717, 1.165) is 13.2 Å². The summed E-state index contributed by atoms with van der Waals surface area (Å²) in [5, 5.41) is 0. The summed E-state index contributed by atoms with van der Waals surface area (Å²) < 4.78 is 19.8. The zero-order valence-corrected chi connectivity index (χ0v) is 11.3. The van der Waals surface area contributed by atoms with Crippen molar-refractivity contribution in [2.24, 2.45) is 0 Å². The van der Waals surface area contributed by atoms with E-state index in [1.807, 2.05) is 20.8 Å². The highest BCUT2D eigenvalue weighted by Gasteiger charge is 2.05. The van der Waals surface area contributed by atoms with Crippen LogP contribution in [0, 0.1) is 0 Å². The fourth-order valence-electron chi connectivity index (χ4n) is 1.08. The van der Waals surface area contributed by atoms with Crippen LogP contribution in [-0.2, 0) is 9.47 Å². The second-order valence-corrected chi connectivity index (χ2v) is 3.05. The highest BCUT2D eigenvalue weighted by atomic mass is 16.7. The summed E-state index contributed by atoms with van der Waals surface area (Å²) in [5.41, 5.74) is 0.210. The molecule has 6 nitrogen and oxygen atoms in total. The third kappa shape index (κ3) is 7.03. The predicted molar refractivity (Wildman–Crippen MR) is 65.8 cm³/mol. The zero-order chi connectivity index (χ0) is 13.8. The summed E-state index contributed by atoms with van der Waals surface area (Å²) in [6.07, 6.45) is 1.73. The normalized spacial score (nSPS) is 9.83. The molecule has 0 unspecified atom stereocenters. The smallest absolute Gasteiger partial charge is 0.316 e. The Hall–Kier alpha value is -1.40. The first-order chi connectivity index (χ1) is 8.69. The molecule has 1 aromatic rings. The third-order valence-corrected chi connectivity index (χ3v) is 1.75. The Labute approximate surface area is 107 Å². The van der Waals surface area contributed by atoms with Gasteiger partial charge < -0.3 is 18.6 Å². The molecule has 0 amide bonds. The first kappa shape index (κ1) is 16.6. The van der Waals surface area contributed by atoms with Crippen molar-refractivity contribution in [3.05, 3.63) is 12.1 Å². The second-order valence-electron chi connectivity index (χ2n) is 3.05. The minimum atomic E-state index is -0.0370. The number of carbonyl (C=O) groups excluding carboxylic acids is 1. The minimum absolute atomic E-state index is 0.0370. The number of carbonyl (C=O) groups is 1. The number of aldehydes is 1. The summed E-state index contributed by atoms with van der Waals surface area (Å²) >= 11 is 0. The average molecular weight is 259 g/mol. The van der Waals surface area contributed by atoms with Gasteiger partial charge >= 0.3 is 5.95 Å². The van der Waals surface area contributed by atoms with E-state index >= 15 is 0 Å². The van der Waals surface area contributed by atoms with Gasteiger partial charge in [-0.15, -0.1) is 0 Å². The van der Waals surface area contributed by atoms with Crippen molar-refractivity contribution >= 4 is 6.29 Å². The lowest BCUT2D eigenvalue weighted by Gasteiger charge is -2.09. The van der Waals surface area contributed by atoms with Crippen molar-refractivity contribution in [2.75, 3.05) is 19.8 Å². The Morgan fingerprint density at radius 3 is 2.33 bits per heavy atom. The summed E-state index contributed by atoms with van der Waals surface area (Å²) in [6, 6.07) is 0. The molecule has 1 heterocycles. The van der Waals surface area contributed by atoms with E-state index in [1.165, 1.54) is 6.39 Å². The molecule has 1 rings (SSSR count). The molecule has 0 saturated heterocycles. The van der Waals surface area contributed by atoms with Gasteiger partial charge in [0.05, 0.1) is 6.61 Å². The number of aromatic nitrogens is 1. The maximum Gasteiger partial charge on any atom is 0.316 e. The second kappa shape index (κ2) is 10.7. The number of hydrogen-bond acceptors (Lipinski definition) is 6. The number of ether oxygens (including phenoxy) is 3. The summed E-state index contributed by atoms with van der Waals surface area (Å²) in [5.74, 6) is 0.192. The van der Waals surface area contributed by atoms with Crippen LogP contribution < -0.4 is 4.74 Å². The Balaban J connectivity index is 0.000000331. The van der Waals surface area contributed by atoms with E-state index in [9.17, 15) is 4.79 Å². The van der Waals surface area contributed by atoms with E-state index in [1.54, 1.807) is 6.92 Å². The van der Waals surface area contributed by atoms with Crippen molar-refractivity contribution in [2.45, 2.75) is 34.0 Å². The van der Waals surface area contributed by atoms with E-state index in [-0.39, 0.29) is 17.9 Å². The fraction of sp³-hybridized carbons (Fsp3) is 0.667. The van der Waals surface area contributed by atoms with Gasteiger partial charge in [-0.2, -0.15) is 0 Å². The Morgan fingerprint density at radius 2 is 1.89 bits per heavy atom. The van der Waals surface area contributed by atoms with Crippen LogP contribution in [0.25, 0.3) is 0 Å². The van der Waals surface area contributed by atoms with Crippen LogP contribution in [0.2, 0.25) is 0 Å². The first-order valence-corrected chi connectivity index (χ1v) is 5.94. The first-order valence-electron chi connectivity index (χ1n) is 5.94. The van der Waals surface area contributed by atoms with Gasteiger partial charge in [-0.1, -0.05) is 0 Å².